The van der Waals surface area contributed by atoms with E-state index in [0.717, 1.165) is 0 Å². The van der Waals surface area contributed by atoms with Crippen molar-refractivity contribution in [2.45, 2.75) is 33.3 Å². The van der Waals surface area contributed by atoms with E-state index in [4.69, 9.17) is 21.1 Å². The maximum atomic E-state index is 12.2. The van der Waals surface area contributed by atoms with Gasteiger partial charge in [-0.25, -0.2) is 9.59 Å². The minimum atomic E-state index is -0.664. The van der Waals surface area contributed by atoms with E-state index in [1.807, 2.05) is 0 Å². The van der Waals surface area contributed by atoms with Crippen molar-refractivity contribution in [3.05, 3.63) is 40.6 Å². The molecule has 1 aromatic rings. The van der Waals surface area contributed by atoms with Gasteiger partial charge in [-0.3, -0.25) is 0 Å². The summed E-state index contributed by atoms with van der Waals surface area (Å²) >= 11 is 5.92. The van der Waals surface area contributed by atoms with Crippen molar-refractivity contribution < 1.29 is 23.8 Å². The van der Waals surface area contributed by atoms with Gasteiger partial charge in [-0.2, -0.15) is 0 Å². The van der Waals surface area contributed by atoms with E-state index in [1.54, 1.807) is 33.8 Å². The van der Waals surface area contributed by atoms with Crippen molar-refractivity contribution in [1.29, 1.82) is 0 Å². The molecule has 1 rings (SSSR count). The average molecular weight is 327 g/mol. The van der Waals surface area contributed by atoms with Gasteiger partial charge in [0.05, 0.1) is 7.11 Å². The zero-order valence-electron chi connectivity index (χ0n) is 13.2. The van der Waals surface area contributed by atoms with Gasteiger partial charge in [-0.05, 0) is 52.0 Å². The van der Waals surface area contributed by atoms with E-state index in [2.05, 4.69) is 4.74 Å². The number of rotatable bonds is 4. The second-order valence-corrected chi connectivity index (χ2v) is 5.83. The quantitative estimate of drug-likeness (QED) is 0.479. The lowest BCUT2D eigenvalue weighted by molar-refractivity contribution is -0.138. The summed E-state index contributed by atoms with van der Waals surface area (Å²) in [5.74, 6) is -1.11. The van der Waals surface area contributed by atoms with Gasteiger partial charge in [0.1, 0.15) is 16.9 Å². The minimum absolute atomic E-state index is 0.0327. The molecule has 0 bridgehead atoms. The summed E-state index contributed by atoms with van der Waals surface area (Å²) in [6, 6.07) is 4.47. The minimum Gasteiger partial charge on any atom is -0.463 e. The first-order chi connectivity index (χ1) is 10.2. The molecule has 0 radical (unpaired) electrons. The van der Waals surface area contributed by atoms with Crippen LogP contribution >= 0.6 is 11.6 Å². The molecule has 0 atom stereocenters. The predicted octanol–water partition coefficient (Wildman–Crippen LogP) is 3.75. The van der Waals surface area contributed by atoms with Crippen LogP contribution in [0.4, 0.5) is 0 Å². The topological polar surface area (TPSA) is 61.8 Å². The number of carbonyl (C=O) groups excluding carboxylic acids is 2. The van der Waals surface area contributed by atoms with Gasteiger partial charge in [0.2, 0.25) is 5.76 Å². The molecule has 6 heteroatoms. The summed E-state index contributed by atoms with van der Waals surface area (Å²) in [4.78, 5) is 23.8. The fourth-order valence-electron chi connectivity index (χ4n) is 1.52. The summed E-state index contributed by atoms with van der Waals surface area (Å²) in [5.41, 5.74) is -0.534. The van der Waals surface area contributed by atoms with Crippen molar-refractivity contribution in [1.82, 2.24) is 0 Å². The number of methoxy groups -OCH3 is 1. The Morgan fingerprint density at radius 3 is 2.36 bits per heavy atom. The average Bonchev–Trinajstić information content (AvgIpc) is 2.43. The fourth-order valence-corrected chi connectivity index (χ4v) is 1.69. The highest BCUT2D eigenvalue weighted by Crippen LogP contribution is 2.27. The Hall–Kier alpha value is -2.01. The van der Waals surface area contributed by atoms with Crippen LogP contribution in [0.5, 0.6) is 5.75 Å². The zero-order valence-corrected chi connectivity index (χ0v) is 14.0. The van der Waals surface area contributed by atoms with Gasteiger partial charge in [0.15, 0.2) is 0 Å². The lowest BCUT2D eigenvalue weighted by Gasteiger charge is -2.20. The van der Waals surface area contributed by atoms with Crippen LogP contribution in [0, 0.1) is 0 Å². The summed E-state index contributed by atoms with van der Waals surface area (Å²) in [5, 5.41) is 0.355. The van der Waals surface area contributed by atoms with Gasteiger partial charge in [0.25, 0.3) is 0 Å². The Bertz CT molecular complexity index is 599. The summed E-state index contributed by atoms with van der Waals surface area (Å²) in [7, 11) is 1.24. The molecule has 0 saturated carbocycles. The molecule has 0 aliphatic carbocycles. The van der Waals surface area contributed by atoms with Crippen LogP contribution in [0.3, 0.4) is 0 Å². The third-order valence-corrected chi connectivity index (χ3v) is 2.66. The molecule has 0 aromatic heterocycles. The number of benzene rings is 1. The summed E-state index contributed by atoms with van der Waals surface area (Å²) in [6.07, 6.45) is 1.44. The van der Waals surface area contributed by atoms with Gasteiger partial charge in [0, 0.05) is 5.02 Å². The second-order valence-electron chi connectivity index (χ2n) is 5.39. The van der Waals surface area contributed by atoms with Gasteiger partial charge >= 0.3 is 11.9 Å². The molecule has 0 aliphatic rings. The normalized spacial score (nSPS) is 11.8. The maximum Gasteiger partial charge on any atom is 0.373 e. The van der Waals surface area contributed by atoms with Crippen LogP contribution < -0.4 is 4.74 Å². The molecular formula is C16H19ClO5. The third kappa shape index (κ3) is 5.07. The number of ether oxygens (including phenoxy) is 3. The van der Waals surface area contributed by atoms with Gasteiger partial charge < -0.3 is 14.2 Å². The Morgan fingerprint density at radius 2 is 1.86 bits per heavy atom. The second kappa shape index (κ2) is 7.31. The van der Waals surface area contributed by atoms with Gasteiger partial charge in [-0.1, -0.05) is 11.6 Å². The standard InChI is InChI=1S/C16H19ClO5/c1-6-12(15(19)20-5)21-13-8-7-10(17)9-11(13)14(18)22-16(2,3)4/h6-9H,1-5H3/b12-6-. The molecule has 120 valence electrons. The Balaban J connectivity index is 3.16. The van der Waals surface area contributed by atoms with Crippen LogP contribution in [-0.4, -0.2) is 24.6 Å². The molecule has 0 fully saturated rings. The number of hydrogen-bond donors (Lipinski definition) is 0. The highest BCUT2D eigenvalue weighted by atomic mass is 35.5. The van der Waals surface area contributed by atoms with Crippen LogP contribution in [-0.2, 0) is 14.3 Å². The molecule has 0 aliphatic heterocycles. The van der Waals surface area contributed by atoms with E-state index >= 15 is 0 Å². The van der Waals surface area contributed by atoms with Crippen molar-refractivity contribution >= 4 is 23.5 Å². The van der Waals surface area contributed by atoms with E-state index in [-0.39, 0.29) is 17.1 Å². The Kier molecular flexibility index (Phi) is 6.00. The largest absolute Gasteiger partial charge is 0.463 e. The van der Waals surface area contributed by atoms with Crippen molar-refractivity contribution in [2.75, 3.05) is 7.11 Å². The van der Waals surface area contributed by atoms with Crippen LogP contribution in [0.1, 0.15) is 38.1 Å². The number of hydrogen-bond acceptors (Lipinski definition) is 5. The smallest absolute Gasteiger partial charge is 0.373 e. The molecule has 5 nitrogen and oxygen atoms in total. The highest BCUT2D eigenvalue weighted by molar-refractivity contribution is 6.31. The fraction of sp³-hybridized carbons (Fsp3) is 0.375. The predicted molar refractivity (Wildman–Crippen MR) is 83.0 cm³/mol. The molecule has 0 unspecified atom stereocenters. The summed E-state index contributed by atoms with van der Waals surface area (Å²) < 4.78 is 15.4. The molecule has 0 spiro atoms. The Labute approximate surface area is 134 Å². The monoisotopic (exact) mass is 326 g/mol. The number of allylic oxidation sites excluding steroid dienone is 1. The zero-order chi connectivity index (χ0) is 16.9. The van der Waals surface area contributed by atoms with E-state index in [9.17, 15) is 9.59 Å². The highest BCUT2D eigenvalue weighted by Gasteiger charge is 2.23. The Morgan fingerprint density at radius 1 is 1.23 bits per heavy atom. The van der Waals surface area contributed by atoms with Crippen molar-refractivity contribution in [2.24, 2.45) is 0 Å². The SMILES string of the molecule is C/C=C(\Oc1ccc(Cl)cc1C(=O)OC(C)(C)C)C(=O)OC. The number of halogens is 1. The molecule has 22 heavy (non-hydrogen) atoms. The number of carbonyl (C=O) groups is 2. The van der Waals surface area contributed by atoms with Crippen molar-refractivity contribution in [3.8, 4) is 5.75 Å². The van der Waals surface area contributed by atoms with Crippen molar-refractivity contribution in [3.63, 3.8) is 0 Å². The van der Waals surface area contributed by atoms with Crippen LogP contribution in [0.25, 0.3) is 0 Å². The molecular weight excluding hydrogens is 308 g/mol. The van der Waals surface area contributed by atoms with E-state index in [1.165, 1.54) is 25.3 Å². The molecule has 0 saturated heterocycles. The molecule has 1 aromatic carbocycles. The number of esters is 2. The van der Waals surface area contributed by atoms with Gasteiger partial charge in [-0.15, -0.1) is 0 Å². The lowest BCUT2D eigenvalue weighted by atomic mass is 10.1. The first-order valence-electron chi connectivity index (χ1n) is 6.63. The maximum absolute atomic E-state index is 12.2. The van der Waals surface area contributed by atoms with Crippen LogP contribution in [0.15, 0.2) is 30.0 Å². The molecule has 0 amide bonds. The summed E-state index contributed by atoms with van der Waals surface area (Å²) in [6.45, 7) is 6.88. The lowest BCUT2D eigenvalue weighted by Crippen LogP contribution is -2.24. The van der Waals surface area contributed by atoms with E-state index < -0.39 is 17.5 Å². The van der Waals surface area contributed by atoms with E-state index in [0.29, 0.717) is 5.02 Å². The molecule has 0 heterocycles. The third-order valence-electron chi connectivity index (χ3n) is 2.43. The first-order valence-corrected chi connectivity index (χ1v) is 7.01. The van der Waals surface area contributed by atoms with Crippen LogP contribution in [0.2, 0.25) is 5.02 Å². The first kappa shape index (κ1) is 18.0. The molecule has 0 N–H and O–H groups in total.